The van der Waals surface area contributed by atoms with Crippen LogP contribution in [0.2, 0.25) is 0 Å². The Bertz CT molecular complexity index is 850. The van der Waals surface area contributed by atoms with Crippen LogP contribution in [0, 0.1) is 13.7 Å². The van der Waals surface area contributed by atoms with E-state index in [1.165, 1.54) is 0 Å². The first-order chi connectivity index (χ1) is 11.2. The van der Waals surface area contributed by atoms with Crippen LogP contribution in [-0.2, 0) is 0 Å². The summed E-state index contributed by atoms with van der Waals surface area (Å²) in [5, 5.41) is 0. The number of rotatable bonds is 1. The van der Waals surface area contributed by atoms with Gasteiger partial charge in [-0.1, -0.05) is 18.1 Å². The molecule has 0 radical (unpaired) electrons. The van der Waals surface area contributed by atoms with Gasteiger partial charge in [0.25, 0.3) is 0 Å². The first kappa shape index (κ1) is 2.95. The summed E-state index contributed by atoms with van der Waals surface area (Å²) in [6, 6.07) is -3.09. The Kier molecular flexibility index (Phi) is 0.754. The molecule has 1 aromatic heterocycles. The monoisotopic (exact) mass is 261 g/mol. The molecule has 1 aromatic carbocycles. The van der Waals surface area contributed by atoms with E-state index in [2.05, 4.69) is 20.9 Å². The van der Waals surface area contributed by atoms with Gasteiger partial charge in [0.1, 0.15) is 10.4 Å². The highest BCUT2D eigenvalue weighted by Crippen LogP contribution is 2.18. The average Bonchev–Trinajstić information content (AvgIpc) is 2.75. The van der Waals surface area contributed by atoms with Gasteiger partial charge in [-0.25, -0.2) is 4.98 Å². The lowest BCUT2D eigenvalue weighted by Gasteiger charge is -2.07. The fraction of sp³-hybridized carbons (Fsp3) is 0.182. The number of para-hydroxylation sites is 1. The van der Waals surface area contributed by atoms with Gasteiger partial charge in [0, 0.05) is 20.1 Å². The third kappa shape index (κ3) is 1.60. The molecular weight excluding hydrogens is 240 g/mol. The second kappa shape index (κ2) is 3.58. The summed E-state index contributed by atoms with van der Waals surface area (Å²) in [4.78, 5) is 3.70. The van der Waals surface area contributed by atoms with Gasteiger partial charge in [-0.05, 0) is 41.2 Å². The smallest absolute Gasteiger partial charge is 0.124 e. The number of hydrogen-bond donors (Lipinski definition) is 0. The second-order valence-corrected chi connectivity index (χ2v) is 3.15. The van der Waals surface area contributed by atoms with Crippen LogP contribution >= 0.6 is 15.9 Å². The Morgan fingerprint density at radius 2 is 2.29 bits per heavy atom. The summed E-state index contributed by atoms with van der Waals surface area (Å²) in [7, 11) is 0. The highest BCUT2D eigenvalue weighted by atomic mass is 79.9. The van der Waals surface area contributed by atoms with E-state index in [1.807, 2.05) is 0 Å². The molecule has 2 aromatic rings. The summed E-state index contributed by atoms with van der Waals surface area (Å²) in [5.41, 5.74) is -1.40. The molecule has 1 heterocycles. The van der Waals surface area contributed by atoms with Crippen molar-refractivity contribution < 1.29 is 15.1 Å². The molecule has 0 spiro atoms. The molecular formula is C11H11BrN2. The fourth-order valence-electron chi connectivity index (χ4n) is 0.949. The van der Waals surface area contributed by atoms with Crippen molar-refractivity contribution in [1.82, 2.24) is 9.55 Å². The predicted molar refractivity (Wildman–Crippen MR) is 60.7 cm³/mol. The number of aromatic nitrogens is 2. The van der Waals surface area contributed by atoms with E-state index in [1.54, 1.807) is 0 Å². The van der Waals surface area contributed by atoms with Gasteiger partial charge >= 0.3 is 0 Å². The lowest BCUT2D eigenvalue weighted by molar-refractivity contribution is 0.964. The topological polar surface area (TPSA) is 17.8 Å². The van der Waals surface area contributed by atoms with Gasteiger partial charge in [0.05, 0.1) is 6.85 Å². The Balaban J connectivity index is 3.10. The van der Waals surface area contributed by atoms with Gasteiger partial charge in [0.2, 0.25) is 0 Å². The van der Waals surface area contributed by atoms with Crippen LogP contribution in [0.25, 0.3) is 5.69 Å². The van der Waals surface area contributed by atoms with E-state index < -0.39 is 61.1 Å². The van der Waals surface area contributed by atoms with Crippen molar-refractivity contribution in [1.29, 1.82) is 0 Å². The molecule has 2 nitrogen and oxygen atoms in total. The molecule has 0 aliphatic rings. The van der Waals surface area contributed by atoms with Crippen LogP contribution in [0.4, 0.5) is 0 Å². The van der Waals surface area contributed by atoms with Crippen LogP contribution in [0.5, 0.6) is 0 Å². The molecule has 0 fully saturated rings. The highest BCUT2D eigenvalue weighted by Gasteiger charge is 2.05. The van der Waals surface area contributed by atoms with E-state index in [9.17, 15) is 0 Å². The van der Waals surface area contributed by atoms with Gasteiger partial charge in [0.15, 0.2) is 0 Å². The SMILES string of the molecule is [2H]c1c([2H])c([2H])c(C([2H])([2H])[2H])c(-n2c(C([2H])([2H])[2H])nc(Br)c2[2H])c1[2H]. The molecule has 0 saturated carbocycles. The molecule has 0 unspecified atom stereocenters. The van der Waals surface area contributed by atoms with Crippen molar-refractivity contribution in [3.05, 3.63) is 46.3 Å². The summed E-state index contributed by atoms with van der Waals surface area (Å²) in [5.74, 6) is -0.681. The van der Waals surface area contributed by atoms with Crippen molar-refractivity contribution in [3.63, 3.8) is 0 Å². The lowest BCUT2D eigenvalue weighted by Crippen LogP contribution is -1.97. The molecule has 0 N–H and O–H groups in total. The van der Waals surface area contributed by atoms with Crippen LogP contribution in [0.15, 0.2) is 34.9 Å². The van der Waals surface area contributed by atoms with Crippen LogP contribution in [-0.4, -0.2) is 9.55 Å². The molecule has 2 rings (SSSR count). The highest BCUT2D eigenvalue weighted by molar-refractivity contribution is 9.10. The summed E-state index contributed by atoms with van der Waals surface area (Å²) < 4.78 is 85.2. The zero-order chi connectivity index (χ0) is 19.5. The van der Waals surface area contributed by atoms with E-state index in [0.29, 0.717) is 4.57 Å². The van der Waals surface area contributed by atoms with Crippen molar-refractivity contribution in [2.75, 3.05) is 0 Å². The number of nitrogens with zero attached hydrogens (tertiary/aromatic N) is 2. The maximum atomic E-state index is 8.03. The number of hydrogen-bond acceptors (Lipinski definition) is 1. The number of benzene rings is 1. The third-order valence-corrected chi connectivity index (χ3v) is 1.87. The van der Waals surface area contributed by atoms with Gasteiger partial charge in [-0.15, -0.1) is 0 Å². The van der Waals surface area contributed by atoms with E-state index in [4.69, 9.17) is 15.1 Å². The Labute approximate surface area is 107 Å². The van der Waals surface area contributed by atoms with Crippen molar-refractivity contribution in [3.8, 4) is 5.69 Å². The molecule has 0 bridgehead atoms. The van der Waals surface area contributed by atoms with E-state index in [-0.39, 0.29) is 4.60 Å². The Hall–Kier alpha value is -1.09. The Morgan fingerprint density at radius 3 is 3.07 bits per heavy atom. The lowest BCUT2D eigenvalue weighted by atomic mass is 10.2. The largest absolute Gasteiger partial charge is 0.303 e. The Morgan fingerprint density at radius 1 is 1.43 bits per heavy atom. The molecule has 14 heavy (non-hydrogen) atoms. The number of aryl methyl sites for hydroxylation is 1. The molecule has 0 saturated heterocycles. The van der Waals surface area contributed by atoms with Crippen LogP contribution in [0.1, 0.15) is 26.5 Å². The maximum Gasteiger partial charge on any atom is 0.124 e. The fourth-order valence-corrected chi connectivity index (χ4v) is 1.29. The zero-order valence-corrected chi connectivity index (χ0v) is 8.36. The summed E-state index contributed by atoms with van der Waals surface area (Å²) in [6.07, 6.45) is -0.540. The molecule has 0 amide bonds. The predicted octanol–water partition coefficient (Wildman–Crippen LogP) is 3.25. The standard InChI is InChI=1S/C11H11BrN2/c1-8-5-3-4-6-10(8)14-7-11(12)13-9(14)2/h3-7H,1-2H3/i1D3,2D3,3D,4D,5D,6D,7D. The molecule has 72 valence electrons. The van der Waals surface area contributed by atoms with Crippen LogP contribution in [0.3, 0.4) is 0 Å². The minimum Gasteiger partial charge on any atom is -0.303 e. The zero-order valence-electron chi connectivity index (χ0n) is 17.8. The number of halogens is 1. The third-order valence-electron chi connectivity index (χ3n) is 1.51. The quantitative estimate of drug-likeness (QED) is 0.771. The normalized spacial score (nSPS) is 23.6. The van der Waals surface area contributed by atoms with E-state index in [0.717, 1.165) is 0 Å². The molecule has 0 aliphatic carbocycles. The van der Waals surface area contributed by atoms with E-state index >= 15 is 0 Å². The van der Waals surface area contributed by atoms with Crippen molar-refractivity contribution in [2.45, 2.75) is 13.7 Å². The first-order valence-electron chi connectivity index (χ1n) is 9.06. The molecule has 0 aliphatic heterocycles. The summed E-state index contributed by atoms with van der Waals surface area (Å²) in [6.45, 7) is -5.81. The van der Waals surface area contributed by atoms with Gasteiger partial charge < -0.3 is 4.57 Å². The second-order valence-electron chi connectivity index (χ2n) is 2.40. The minimum absolute atomic E-state index is 0.192. The minimum atomic E-state index is -2.97. The molecule has 3 heteroatoms. The molecule has 0 atom stereocenters. The van der Waals surface area contributed by atoms with Crippen molar-refractivity contribution in [2.24, 2.45) is 0 Å². The number of imidazole rings is 1. The van der Waals surface area contributed by atoms with Gasteiger partial charge in [-0.2, -0.15) is 0 Å². The average molecular weight is 262 g/mol. The van der Waals surface area contributed by atoms with Gasteiger partial charge in [-0.3, -0.25) is 0 Å². The van der Waals surface area contributed by atoms with Crippen LogP contribution < -0.4 is 0 Å². The first-order valence-corrected chi connectivity index (χ1v) is 4.35. The maximum absolute atomic E-state index is 8.03. The van der Waals surface area contributed by atoms with Crippen molar-refractivity contribution >= 4 is 15.9 Å². The summed E-state index contributed by atoms with van der Waals surface area (Å²) >= 11 is 2.91.